The highest BCUT2D eigenvalue weighted by atomic mass is 79.9. The van der Waals surface area contributed by atoms with Gasteiger partial charge in [-0.1, -0.05) is 0 Å². The van der Waals surface area contributed by atoms with E-state index < -0.39 is 10.0 Å². The summed E-state index contributed by atoms with van der Waals surface area (Å²) >= 11 is 3.28. The van der Waals surface area contributed by atoms with E-state index in [1.807, 2.05) is 0 Å². The molecule has 0 aromatic heterocycles. The lowest BCUT2D eigenvalue weighted by atomic mass is 10.2. The topological polar surface area (TPSA) is 84.5 Å². The molecule has 1 aromatic rings. The molecule has 0 heterocycles. The fraction of sp³-hybridized carbons (Fsp3) is 0.364. The van der Waals surface area contributed by atoms with Crippen LogP contribution in [-0.2, 0) is 10.0 Å². The third-order valence-electron chi connectivity index (χ3n) is 2.38. The summed E-state index contributed by atoms with van der Waals surface area (Å²) in [6, 6.07) is 4.87. The standard InChI is InChI=1S/C11H15BrN2O4S/c1-13-19(16,17)6-5-14-11(15)8-3-4-10(18-2)9(12)7-8/h3-4,7,13H,5-6H2,1-2H3,(H,14,15). The maximum Gasteiger partial charge on any atom is 0.251 e. The Balaban J connectivity index is 2.62. The first kappa shape index (κ1) is 15.9. The van der Waals surface area contributed by atoms with E-state index >= 15 is 0 Å². The van der Waals surface area contributed by atoms with Gasteiger partial charge in [-0.25, -0.2) is 13.1 Å². The number of carbonyl (C=O) groups is 1. The fourth-order valence-electron chi connectivity index (χ4n) is 1.31. The SMILES string of the molecule is CNS(=O)(=O)CCNC(=O)c1ccc(OC)c(Br)c1. The minimum atomic E-state index is -3.31. The second-order valence-electron chi connectivity index (χ2n) is 3.63. The molecule has 1 amide bonds. The van der Waals surface area contributed by atoms with Gasteiger partial charge in [-0.2, -0.15) is 0 Å². The largest absolute Gasteiger partial charge is 0.496 e. The normalized spacial score (nSPS) is 11.1. The van der Waals surface area contributed by atoms with Crippen molar-refractivity contribution in [3.63, 3.8) is 0 Å². The molecule has 0 aliphatic rings. The molecule has 0 saturated carbocycles. The smallest absolute Gasteiger partial charge is 0.251 e. The van der Waals surface area contributed by atoms with Crippen LogP contribution in [0.5, 0.6) is 5.75 Å². The molecule has 0 spiro atoms. The highest BCUT2D eigenvalue weighted by Crippen LogP contribution is 2.25. The van der Waals surface area contributed by atoms with Gasteiger partial charge in [0.1, 0.15) is 5.75 Å². The van der Waals surface area contributed by atoms with Crippen LogP contribution in [0.25, 0.3) is 0 Å². The molecule has 19 heavy (non-hydrogen) atoms. The van der Waals surface area contributed by atoms with Gasteiger partial charge in [0.2, 0.25) is 10.0 Å². The summed E-state index contributed by atoms with van der Waals surface area (Å²) in [5.74, 6) is 0.121. The van der Waals surface area contributed by atoms with Gasteiger partial charge in [0.25, 0.3) is 5.91 Å². The van der Waals surface area contributed by atoms with Gasteiger partial charge in [-0.05, 0) is 41.2 Å². The third-order valence-corrected chi connectivity index (χ3v) is 4.36. The van der Waals surface area contributed by atoms with Crippen LogP contribution in [-0.4, -0.2) is 40.8 Å². The Hall–Kier alpha value is -1.12. The first-order valence-corrected chi connectivity index (χ1v) is 7.87. The number of methoxy groups -OCH3 is 1. The maximum absolute atomic E-state index is 11.8. The molecule has 0 fully saturated rings. The molecule has 1 aromatic carbocycles. The number of sulfonamides is 1. The minimum absolute atomic E-state index is 0.0473. The number of ether oxygens (including phenoxy) is 1. The Morgan fingerprint density at radius 3 is 2.63 bits per heavy atom. The van der Waals surface area contributed by atoms with Crippen molar-refractivity contribution in [3.05, 3.63) is 28.2 Å². The van der Waals surface area contributed by atoms with Crippen LogP contribution in [0.15, 0.2) is 22.7 Å². The van der Waals surface area contributed by atoms with Crippen LogP contribution in [0.4, 0.5) is 0 Å². The van der Waals surface area contributed by atoms with Crippen molar-refractivity contribution in [1.82, 2.24) is 10.0 Å². The van der Waals surface area contributed by atoms with E-state index in [2.05, 4.69) is 26.0 Å². The van der Waals surface area contributed by atoms with E-state index in [0.717, 1.165) is 0 Å². The van der Waals surface area contributed by atoms with Gasteiger partial charge >= 0.3 is 0 Å². The van der Waals surface area contributed by atoms with Crippen molar-refractivity contribution in [3.8, 4) is 5.75 Å². The lowest BCUT2D eigenvalue weighted by molar-refractivity contribution is 0.0956. The van der Waals surface area contributed by atoms with Crippen molar-refractivity contribution < 1.29 is 17.9 Å². The average molecular weight is 351 g/mol. The maximum atomic E-state index is 11.8. The van der Waals surface area contributed by atoms with Crippen molar-refractivity contribution in [2.45, 2.75) is 0 Å². The monoisotopic (exact) mass is 350 g/mol. The summed E-state index contributed by atoms with van der Waals surface area (Å²) in [5.41, 5.74) is 0.425. The number of halogens is 1. The molecule has 1 rings (SSSR count). The summed E-state index contributed by atoms with van der Waals surface area (Å²) in [7, 11) is -0.449. The summed E-state index contributed by atoms with van der Waals surface area (Å²) in [4.78, 5) is 11.8. The van der Waals surface area contributed by atoms with Crippen LogP contribution in [0, 0.1) is 0 Å². The molecule has 0 aliphatic heterocycles. The van der Waals surface area contributed by atoms with Crippen LogP contribution < -0.4 is 14.8 Å². The molecule has 8 heteroatoms. The van der Waals surface area contributed by atoms with Crippen molar-refractivity contribution >= 4 is 31.9 Å². The molecule has 2 N–H and O–H groups in total. The van der Waals surface area contributed by atoms with E-state index in [-0.39, 0.29) is 18.2 Å². The minimum Gasteiger partial charge on any atom is -0.496 e. The van der Waals surface area contributed by atoms with Crippen molar-refractivity contribution in [2.24, 2.45) is 0 Å². The summed E-state index contributed by atoms with van der Waals surface area (Å²) in [6.45, 7) is 0.0473. The van der Waals surface area contributed by atoms with Gasteiger partial charge in [-0.15, -0.1) is 0 Å². The Kier molecular flexibility index (Phi) is 5.77. The van der Waals surface area contributed by atoms with E-state index in [9.17, 15) is 13.2 Å². The van der Waals surface area contributed by atoms with Crippen LogP contribution in [0.3, 0.4) is 0 Å². The number of rotatable bonds is 6. The Morgan fingerprint density at radius 1 is 1.42 bits per heavy atom. The average Bonchev–Trinajstić information content (AvgIpc) is 2.38. The second kappa shape index (κ2) is 6.88. The molecule has 0 radical (unpaired) electrons. The molecule has 6 nitrogen and oxygen atoms in total. The quantitative estimate of drug-likeness (QED) is 0.792. The number of nitrogens with one attached hydrogen (secondary N) is 2. The Labute approximate surface area is 120 Å². The van der Waals surface area contributed by atoms with Crippen LogP contribution in [0.1, 0.15) is 10.4 Å². The van der Waals surface area contributed by atoms with E-state index in [1.165, 1.54) is 14.2 Å². The molecule has 0 saturated heterocycles. The molecular weight excluding hydrogens is 336 g/mol. The first-order valence-electron chi connectivity index (χ1n) is 5.42. The number of hydrogen-bond donors (Lipinski definition) is 2. The van der Waals surface area contributed by atoms with Gasteiger partial charge in [0, 0.05) is 12.1 Å². The summed E-state index contributed by atoms with van der Waals surface area (Å²) < 4.78 is 30.2. The highest BCUT2D eigenvalue weighted by Gasteiger charge is 2.11. The lowest BCUT2D eigenvalue weighted by Gasteiger charge is -2.08. The Bertz CT molecular complexity index is 560. The van der Waals surface area contributed by atoms with Gasteiger partial charge in [0.15, 0.2) is 0 Å². The summed E-state index contributed by atoms with van der Waals surface area (Å²) in [5, 5.41) is 2.53. The molecular formula is C11H15BrN2O4S. The number of benzene rings is 1. The molecule has 0 atom stereocenters. The highest BCUT2D eigenvalue weighted by molar-refractivity contribution is 9.10. The van der Waals surface area contributed by atoms with Crippen LogP contribution >= 0.6 is 15.9 Å². The number of amides is 1. The molecule has 106 valence electrons. The predicted molar refractivity (Wildman–Crippen MR) is 75.9 cm³/mol. The zero-order valence-electron chi connectivity index (χ0n) is 10.6. The Morgan fingerprint density at radius 2 is 2.11 bits per heavy atom. The van der Waals surface area contributed by atoms with Gasteiger partial charge < -0.3 is 10.1 Å². The van der Waals surface area contributed by atoms with E-state index in [0.29, 0.717) is 15.8 Å². The lowest BCUT2D eigenvalue weighted by Crippen LogP contribution is -2.32. The number of hydrogen-bond acceptors (Lipinski definition) is 4. The zero-order chi connectivity index (χ0) is 14.5. The summed E-state index contributed by atoms with van der Waals surface area (Å²) in [6.07, 6.45) is 0. The third kappa shape index (κ3) is 4.81. The number of carbonyl (C=O) groups excluding carboxylic acids is 1. The van der Waals surface area contributed by atoms with Crippen molar-refractivity contribution in [2.75, 3.05) is 26.5 Å². The predicted octanol–water partition coefficient (Wildman–Crippen LogP) is 0.737. The van der Waals surface area contributed by atoms with Crippen molar-refractivity contribution in [1.29, 1.82) is 0 Å². The molecule has 0 aliphatic carbocycles. The van der Waals surface area contributed by atoms with E-state index in [4.69, 9.17) is 4.74 Å². The molecule has 0 bridgehead atoms. The van der Waals surface area contributed by atoms with E-state index in [1.54, 1.807) is 18.2 Å². The first-order chi connectivity index (χ1) is 8.89. The van der Waals surface area contributed by atoms with Crippen LogP contribution in [0.2, 0.25) is 0 Å². The van der Waals surface area contributed by atoms with Gasteiger partial charge in [0.05, 0.1) is 17.3 Å². The molecule has 0 unspecified atom stereocenters. The second-order valence-corrected chi connectivity index (χ2v) is 6.53. The fourth-order valence-corrected chi connectivity index (χ4v) is 2.43. The zero-order valence-corrected chi connectivity index (χ0v) is 13.0. The van der Waals surface area contributed by atoms with Gasteiger partial charge in [-0.3, -0.25) is 4.79 Å².